The predicted molar refractivity (Wildman–Crippen MR) is 84.8 cm³/mol. The molecule has 0 aliphatic heterocycles. The molecule has 1 unspecified atom stereocenters. The fourth-order valence-electron chi connectivity index (χ4n) is 2.29. The van der Waals surface area contributed by atoms with Gasteiger partial charge in [0.2, 0.25) is 0 Å². The molecule has 0 radical (unpaired) electrons. The minimum absolute atomic E-state index is 0.323. The lowest BCUT2D eigenvalue weighted by atomic mass is 9.97. The minimum atomic E-state index is -0.769. The van der Waals surface area contributed by atoms with Crippen molar-refractivity contribution in [3.63, 3.8) is 0 Å². The van der Waals surface area contributed by atoms with Gasteiger partial charge in [0, 0.05) is 10.5 Å². The summed E-state index contributed by atoms with van der Waals surface area (Å²) in [6, 6.07) is 10.8. The summed E-state index contributed by atoms with van der Waals surface area (Å²) in [7, 11) is 0. The molecule has 2 rings (SSSR count). The minimum Gasteiger partial charge on any atom is -0.306 e. The Kier molecular flexibility index (Phi) is 5.37. The lowest BCUT2D eigenvalue weighted by Crippen LogP contribution is -2.23. The Bertz CT molecular complexity index is 611. The molecule has 2 aromatic carbocycles. The van der Waals surface area contributed by atoms with E-state index in [1.54, 1.807) is 30.8 Å². The van der Waals surface area contributed by atoms with Crippen molar-refractivity contribution in [1.82, 2.24) is 5.32 Å². The number of halogens is 2. The second-order valence-electron chi connectivity index (χ2n) is 4.86. The molecule has 1 nitrogen and oxygen atoms in total. The van der Waals surface area contributed by atoms with Crippen LogP contribution in [0.15, 0.2) is 41.3 Å². The third-order valence-electron chi connectivity index (χ3n) is 3.47. The molecule has 1 atom stereocenters. The lowest BCUT2D eigenvalue weighted by molar-refractivity contribution is 0.478. The van der Waals surface area contributed by atoms with Crippen LogP contribution in [0.3, 0.4) is 0 Å². The summed E-state index contributed by atoms with van der Waals surface area (Å²) in [4.78, 5) is 1.14. The van der Waals surface area contributed by atoms with Gasteiger partial charge < -0.3 is 5.32 Å². The predicted octanol–water partition coefficient (Wildman–Crippen LogP) is 4.69. The van der Waals surface area contributed by atoms with Crippen molar-refractivity contribution in [2.75, 3.05) is 12.8 Å². The van der Waals surface area contributed by atoms with E-state index in [1.165, 1.54) is 0 Å². The summed E-state index contributed by atoms with van der Waals surface area (Å²) < 4.78 is 28.1. The molecule has 1 N–H and O–H groups in total. The number of hydrogen-bond donors (Lipinski definition) is 1. The van der Waals surface area contributed by atoms with E-state index in [0.29, 0.717) is 17.7 Å². The van der Waals surface area contributed by atoms with Gasteiger partial charge in [-0.2, -0.15) is 0 Å². The Morgan fingerprint density at radius 1 is 1.05 bits per heavy atom. The number of aryl methyl sites for hydroxylation is 1. The number of hydrogen-bond acceptors (Lipinski definition) is 2. The van der Waals surface area contributed by atoms with Crippen molar-refractivity contribution < 1.29 is 8.78 Å². The zero-order valence-electron chi connectivity index (χ0n) is 12.4. The zero-order chi connectivity index (χ0) is 15.4. The summed E-state index contributed by atoms with van der Waals surface area (Å²) in [6.07, 6.45) is 2.01. The van der Waals surface area contributed by atoms with Crippen LogP contribution < -0.4 is 5.32 Å². The number of rotatable bonds is 5. The third kappa shape index (κ3) is 3.44. The van der Waals surface area contributed by atoms with Crippen molar-refractivity contribution in [3.05, 3.63) is 64.7 Å². The largest absolute Gasteiger partial charge is 0.306 e. The van der Waals surface area contributed by atoms with Crippen LogP contribution in [0.25, 0.3) is 0 Å². The van der Waals surface area contributed by atoms with Gasteiger partial charge in [0.05, 0.1) is 6.04 Å². The van der Waals surface area contributed by atoms with Crippen LogP contribution in [0.1, 0.15) is 29.7 Å². The molecule has 0 aliphatic carbocycles. The lowest BCUT2D eigenvalue weighted by Gasteiger charge is -2.20. The first-order chi connectivity index (χ1) is 10.1. The van der Waals surface area contributed by atoms with E-state index in [0.717, 1.165) is 10.5 Å². The normalized spacial score (nSPS) is 12.4. The van der Waals surface area contributed by atoms with Gasteiger partial charge in [-0.1, -0.05) is 31.2 Å². The molecule has 0 bridgehead atoms. The molecule has 0 spiro atoms. The zero-order valence-corrected chi connectivity index (χ0v) is 13.2. The number of benzene rings is 2. The Labute approximate surface area is 128 Å². The number of thioether (sulfide) groups is 1. The van der Waals surface area contributed by atoms with Gasteiger partial charge in [-0.15, -0.1) is 11.8 Å². The first-order valence-corrected chi connectivity index (χ1v) is 8.12. The average Bonchev–Trinajstić information content (AvgIpc) is 2.51. The van der Waals surface area contributed by atoms with Crippen molar-refractivity contribution in [3.8, 4) is 0 Å². The van der Waals surface area contributed by atoms with Crippen molar-refractivity contribution >= 4 is 11.8 Å². The van der Waals surface area contributed by atoms with Crippen molar-refractivity contribution in [1.29, 1.82) is 0 Å². The molecule has 2 aromatic rings. The number of nitrogens with one attached hydrogen (secondary N) is 1. The van der Waals surface area contributed by atoms with Crippen LogP contribution in [0, 0.1) is 18.6 Å². The van der Waals surface area contributed by atoms with Gasteiger partial charge in [-0.05, 0) is 43.0 Å². The maximum Gasteiger partial charge on any atom is 0.164 e. The Hall–Kier alpha value is -1.39. The standard InChI is InChI=1S/C17H19F2NS/c1-4-20-17(12-6-8-13(21-3)9-7-12)14-10-5-11(2)15(18)16(14)19/h5-10,17,20H,4H2,1-3H3. The smallest absolute Gasteiger partial charge is 0.164 e. The molecular weight excluding hydrogens is 288 g/mol. The Balaban J connectivity index is 2.45. The van der Waals surface area contributed by atoms with Gasteiger partial charge in [-0.25, -0.2) is 8.78 Å². The van der Waals surface area contributed by atoms with E-state index in [9.17, 15) is 8.78 Å². The van der Waals surface area contributed by atoms with Crippen LogP contribution in [0.5, 0.6) is 0 Å². The molecule has 4 heteroatoms. The monoisotopic (exact) mass is 307 g/mol. The topological polar surface area (TPSA) is 12.0 Å². The van der Waals surface area contributed by atoms with Crippen LogP contribution in [-0.4, -0.2) is 12.8 Å². The fourth-order valence-corrected chi connectivity index (χ4v) is 2.70. The third-order valence-corrected chi connectivity index (χ3v) is 4.22. The molecule has 0 amide bonds. The highest BCUT2D eigenvalue weighted by atomic mass is 32.2. The molecular formula is C17H19F2NS. The molecule has 0 heterocycles. The molecule has 112 valence electrons. The van der Waals surface area contributed by atoms with E-state index in [2.05, 4.69) is 5.32 Å². The van der Waals surface area contributed by atoms with Crippen molar-refractivity contribution in [2.24, 2.45) is 0 Å². The summed E-state index contributed by atoms with van der Waals surface area (Å²) in [6.45, 7) is 4.19. The van der Waals surface area contributed by atoms with E-state index < -0.39 is 11.6 Å². The van der Waals surface area contributed by atoms with Crippen LogP contribution >= 0.6 is 11.8 Å². The van der Waals surface area contributed by atoms with Crippen LogP contribution in [0.2, 0.25) is 0 Å². The first kappa shape index (κ1) is 16.0. The van der Waals surface area contributed by atoms with Gasteiger partial charge in [0.15, 0.2) is 11.6 Å². The molecule has 0 fully saturated rings. The quantitative estimate of drug-likeness (QED) is 0.804. The second kappa shape index (κ2) is 7.05. The molecule has 0 saturated heterocycles. The Morgan fingerprint density at radius 3 is 2.29 bits per heavy atom. The fraction of sp³-hybridized carbons (Fsp3) is 0.294. The molecule has 0 aliphatic rings. The SMILES string of the molecule is CCNC(c1ccc(SC)cc1)c1ccc(C)c(F)c1F. The van der Waals surface area contributed by atoms with Crippen LogP contribution in [-0.2, 0) is 0 Å². The molecule has 0 saturated carbocycles. The van der Waals surface area contributed by atoms with E-state index in [4.69, 9.17) is 0 Å². The Morgan fingerprint density at radius 2 is 1.71 bits per heavy atom. The van der Waals surface area contributed by atoms with Crippen molar-refractivity contribution in [2.45, 2.75) is 24.8 Å². The summed E-state index contributed by atoms with van der Waals surface area (Å²) in [5.74, 6) is -1.54. The summed E-state index contributed by atoms with van der Waals surface area (Å²) >= 11 is 1.65. The first-order valence-electron chi connectivity index (χ1n) is 6.90. The van der Waals surface area contributed by atoms with Gasteiger partial charge in [-0.3, -0.25) is 0 Å². The van der Waals surface area contributed by atoms with Gasteiger partial charge in [0.25, 0.3) is 0 Å². The molecule has 21 heavy (non-hydrogen) atoms. The van der Waals surface area contributed by atoms with Crippen LogP contribution in [0.4, 0.5) is 8.78 Å². The van der Waals surface area contributed by atoms with E-state index in [-0.39, 0.29) is 6.04 Å². The highest BCUT2D eigenvalue weighted by Crippen LogP contribution is 2.28. The highest BCUT2D eigenvalue weighted by molar-refractivity contribution is 7.98. The maximum atomic E-state index is 14.2. The summed E-state index contributed by atoms with van der Waals surface area (Å²) in [5.41, 5.74) is 1.60. The van der Waals surface area contributed by atoms with Gasteiger partial charge in [0.1, 0.15) is 0 Å². The average molecular weight is 307 g/mol. The van der Waals surface area contributed by atoms with E-state index in [1.807, 2.05) is 37.4 Å². The van der Waals surface area contributed by atoms with E-state index >= 15 is 0 Å². The summed E-state index contributed by atoms with van der Waals surface area (Å²) in [5, 5.41) is 3.23. The molecule has 0 aromatic heterocycles. The van der Waals surface area contributed by atoms with Gasteiger partial charge >= 0.3 is 0 Å². The highest BCUT2D eigenvalue weighted by Gasteiger charge is 2.20. The second-order valence-corrected chi connectivity index (χ2v) is 5.74. The maximum absolute atomic E-state index is 14.2.